The van der Waals surface area contributed by atoms with E-state index in [4.69, 9.17) is 5.73 Å². The van der Waals surface area contributed by atoms with Crippen molar-refractivity contribution in [1.82, 2.24) is 42.5 Å². The number of amides is 8. The number of hydrogen-bond donors (Lipinski definition) is 14. The average molecular weight is 976 g/mol. The van der Waals surface area contributed by atoms with Crippen LogP contribution in [-0.4, -0.2) is 159 Å². The standard InChI is InChI=1S/C43H61N9O15S/c1-5-22(2)36(52-38(61)28(44)14-15-68-4)42(65)51-32(21-53)41(64)49-29(16-24-6-10-26(54)11-7-24)39(62)46-19-33(56)45-20-34(57)47-23(3)37(60)48-30(18-35(58)59)40(63)50-31(43(66)67)17-25-8-12-27(55)13-9-25/h6-13,22-23,28-32,36,53-55H,5,14-21,44H2,1-4H3,(H,45,56)(H,46,62)(H,47,57)(H,48,60)(H,49,64)(H,50,63)(H,51,65)(H,52,61)(H,58,59)(H,66,67)/t22-,23-,28-,29-,30-,31-,32-,36-/m0/s1. The maximum absolute atomic E-state index is 13.5. The minimum absolute atomic E-state index is 0.0843. The third-order valence-electron chi connectivity index (χ3n) is 10.2. The summed E-state index contributed by atoms with van der Waals surface area (Å²) >= 11 is 1.49. The van der Waals surface area contributed by atoms with E-state index in [-0.39, 0.29) is 24.3 Å². The van der Waals surface area contributed by atoms with E-state index in [1.807, 2.05) is 6.26 Å². The Labute approximate surface area is 395 Å². The maximum atomic E-state index is 13.5. The van der Waals surface area contributed by atoms with Crippen molar-refractivity contribution in [2.24, 2.45) is 11.7 Å². The topological polar surface area (TPSA) is 394 Å². The molecule has 0 saturated heterocycles. The molecular formula is C43H61N9O15S. The summed E-state index contributed by atoms with van der Waals surface area (Å²) in [6.07, 6.45) is 1.22. The number of aromatic hydroxyl groups is 2. The molecule has 25 heteroatoms. The molecule has 0 fully saturated rings. The number of carbonyl (C=O) groups is 10. The molecule has 374 valence electrons. The van der Waals surface area contributed by atoms with Crippen molar-refractivity contribution in [3.8, 4) is 11.5 Å². The average Bonchev–Trinajstić information content (AvgIpc) is 3.29. The van der Waals surface area contributed by atoms with Gasteiger partial charge in [-0.1, -0.05) is 44.5 Å². The van der Waals surface area contributed by atoms with Crippen LogP contribution in [0.15, 0.2) is 48.5 Å². The molecule has 8 amide bonds. The molecule has 2 aromatic rings. The normalized spacial score (nSPS) is 14.4. The summed E-state index contributed by atoms with van der Waals surface area (Å²) in [5.74, 6) is -10.3. The highest BCUT2D eigenvalue weighted by atomic mass is 32.2. The molecule has 0 heterocycles. The molecule has 0 aliphatic heterocycles. The van der Waals surface area contributed by atoms with Crippen molar-refractivity contribution in [3.05, 3.63) is 59.7 Å². The Morgan fingerprint density at radius 2 is 1.10 bits per heavy atom. The Hall–Kier alpha value is -6.99. The Morgan fingerprint density at radius 1 is 0.603 bits per heavy atom. The van der Waals surface area contributed by atoms with Crippen molar-refractivity contribution in [1.29, 1.82) is 0 Å². The van der Waals surface area contributed by atoms with Crippen LogP contribution in [0.4, 0.5) is 0 Å². The molecule has 15 N–H and O–H groups in total. The lowest BCUT2D eigenvalue weighted by Gasteiger charge is -2.27. The van der Waals surface area contributed by atoms with Crippen LogP contribution >= 0.6 is 11.8 Å². The Bertz CT molecular complexity index is 2080. The van der Waals surface area contributed by atoms with Crippen LogP contribution in [0.1, 0.15) is 51.2 Å². The first-order chi connectivity index (χ1) is 32.1. The number of phenols is 2. The minimum Gasteiger partial charge on any atom is -0.508 e. The molecular weight excluding hydrogens is 915 g/mol. The highest BCUT2D eigenvalue weighted by molar-refractivity contribution is 7.98. The second kappa shape index (κ2) is 28.9. The van der Waals surface area contributed by atoms with E-state index < -0.39 is 134 Å². The summed E-state index contributed by atoms with van der Waals surface area (Å²) in [6, 6.07) is 1.18. The molecule has 0 aliphatic carbocycles. The van der Waals surface area contributed by atoms with E-state index >= 15 is 0 Å². The summed E-state index contributed by atoms with van der Waals surface area (Å²) in [5, 5.41) is 66.9. The number of carboxylic acids is 2. The van der Waals surface area contributed by atoms with E-state index in [1.54, 1.807) is 13.8 Å². The third-order valence-corrected chi connectivity index (χ3v) is 10.9. The van der Waals surface area contributed by atoms with Crippen LogP contribution in [0.3, 0.4) is 0 Å². The minimum atomic E-state index is -1.78. The molecule has 0 aromatic heterocycles. The highest BCUT2D eigenvalue weighted by Crippen LogP contribution is 2.14. The molecule has 0 radical (unpaired) electrons. The van der Waals surface area contributed by atoms with Crippen molar-refractivity contribution < 1.29 is 73.5 Å². The molecule has 2 aromatic carbocycles. The number of nitrogens with two attached hydrogens (primary N) is 1. The Balaban J connectivity index is 2.04. The van der Waals surface area contributed by atoms with Gasteiger partial charge >= 0.3 is 11.9 Å². The lowest BCUT2D eigenvalue weighted by molar-refractivity contribution is -0.143. The molecule has 0 bridgehead atoms. The van der Waals surface area contributed by atoms with E-state index in [0.717, 1.165) is 0 Å². The van der Waals surface area contributed by atoms with E-state index in [0.29, 0.717) is 29.7 Å². The fourth-order valence-corrected chi connectivity index (χ4v) is 6.54. The Morgan fingerprint density at radius 3 is 1.62 bits per heavy atom. The highest BCUT2D eigenvalue weighted by Gasteiger charge is 2.33. The van der Waals surface area contributed by atoms with Crippen molar-refractivity contribution in [2.75, 3.05) is 31.7 Å². The molecule has 24 nitrogen and oxygen atoms in total. The summed E-state index contributed by atoms with van der Waals surface area (Å²) in [4.78, 5) is 128. The molecule has 0 unspecified atom stereocenters. The van der Waals surface area contributed by atoms with Gasteiger partial charge in [0.1, 0.15) is 47.8 Å². The number of aliphatic hydroxyl groups is 1. The Kier molecular flexibility index (Phi) is 24.3. The predicted molar refractivity (Wildman–Crippen MR) is 244 cm³/mol. The van der Waals surface area contributed by atoms with Crippen molar-refractivity contribution in [3.63, 3.8) is 0 Å². The number of aliphatic hydroxyl groups excluding tert-OH is 1. The quantitative estimate of drug-likeness (QED) is 0.0380. The first-order valence-electron chi connectivity index (χ1n) is 21.3. The molecule has 2 rings (SSSR count). The van der Waals surface area contributed by atoms with Gasteiger partial charge in [0, 0.05) is 12.8 Å². The van der Waals surface area contributed by atoms with Gasteiger partial charge in [0.2, 0.25) is 47.3 Å². The van der Waals surface area contributed by atoms with Gasteiger partial charge in [-0.25, -0.2) is 4.79 Å². The largest absolute Gasteiger partial charge is 0.508 e. The lowest BCUT2D eigenvalue weighted by atomic mass is 9.97. The second-order valence-electron chi connectivity index (χ2n) is 15.6. The van der Waals surface area contributed by atoms with Crippen molar-refractivity contribution in [2.45, 2.75) is 95.2 Å². The van der Waals surface area contributed by atoms with Crippen LogP contribution in [0.2, 0.25) is 0 Å². The number of aliphatic carboxylic acids is 2. The molecule has 8 atom stereocenters. The summed E-state index contributed by atoms with van der Waals surface area (Å²) in [5.41, 5.74) is 6.83. The summed E-state index contributed by atoms with van der Waals surface area (Å²) in [6.45, 7) is 2.26. The zero-order valence-electron chi connectivity index (χ0n) is 37.9. The van der Waals surface area contributed by atoms with Crippen molar-refractivity contribution >= 4 is 71.0 Å². The number of carboxylic acid groups (broad SMARTS) is 2. The molecule has 0 saturated carbocycles. The van der Waals surface area contributed by atoms with Crippen LogP contribution < -0.4 is 48.3 Å². The smallest absolute Gasteiger partial charge is 0.326 e. The van der Waals surface area contributed by atoms with Gasteiger partial charge in [-0.2, -0.15) is 11.8 Å². The number of thioether (sulfide) groups is 1. The maximum Gasteiger partial charge on any atom is 0.326 e. The fraction of sp³-hybridized carbons (Fsp3) is 0.488. The predicted octanol–water partition coefficient (Wildman–Crippen LogP) is -3.28. The second-order valence-corrected chi connectivity index (χ2v) is 16.6. The molecule has 0 spiro atoms. The summed E-state index contributed by atoms with van der Waals surface area (Å²) in [7, 11) is 0. The zero-order chi connectivity index (χ0) is 51.1. The number of benzene rings is 2. The number of phenolic OH excluding ortho intramolecular Hbond substituents is 2. The number of rotatable bonds is 29. The van der Waals surface area contributed by atoms with E-state index in [2.05, 4.69) is 42.5 Å². The first kappa shape index (κ1) is 57.1. The number of carbonyl (C=O) groups excluding carboxylic acids is 8. The van der Waals surface area contributed by atoms with Gasteiger partial charge in [-0.05, 0) is 66.7 Å². The van der Waals surface area contributed by atoms with E-state index in [9.17, 15) is 73.5 Å². The zero-order valence-corrected chi connectivity index (χ0v) is 38.7. The first-order valence-corrected chi connectivity index (χ1v) is 22.7. The van der Waals surface area contributed by atoms with Gasteiger partial charge in [-0.3, -0.25) is 43.2 Å². The number of nitrogens with one attached hydrogen (secondary N) is 8. The molecule has 68 heavy (non-hydrogen) atoms. The van der Waals surface area contributed by atoms with E-state index in [1.165, 1.54) is 67.2 Å². The number of hydrogen-bond acceptors (Lipinski definition) is 15. The van der Waals surface area contributed by atoms with Crippen LogP contribution in [0.25, 0.3) is 0 Å². The lowest BCUT2D eigenvalue weighted by Crippen LogP contribution is -2.60. The molecule has 0 aliphatic rings. The monoisotopic (exact) mass is 975 g/mol. The third kappa shape index (κ3) is 20.3. The van der Waals surface area contributed by atoms with Gasteiger partial charge in [0.25, 0.3) is 0 Å². The van der Waals surface area contributed by atoms with Crippen LogP contribution in [0.5, 0.6) is 11.5 Å². The van der Waals surface area contributed by atoms with Gasteiger partial charge < -0.3 is 73.8 Å². The summed E-state index contributed by atoms with van der Waals surface area (Å²) < 4.78 is 0. The SMILES string of the molecule is CC[C@H](C)[C@H](NC(=O)[C@@H](N)CCSC)C(=O)N[C@@H](CO)C(=O)N[C@@H](Cc1ccc(O)cc1)C(=O)NCC(=O)NCC(=O)N[C@@H](C)C(=O)N[C@@H](CC(=O)O)C(=O)N[C@@H](Cc1ccc(O)cc1)C(=O)O. The van der Waals surface area contributed by atoms with Gasteiger partial charge in [0.05, 0.1) is 32.2 Å². The van der Waals surface area contributed by atoms with Crippen LogP contribution in [-0.2, 0) is 60.8 Å². The van der Waals surface area contributed by atoms with Gasteiger partial charge in [-0.15, -0.1) is 0 Å². The van der Waals surface area contributed by atoms with Gasteiger partial charge in [0.15, 0.2) is 0 Å². The fourth-order valence-electron chi connectivity index (χ4n) is 6.05. The van der Waals surface area contributed by atoms with Crippen LogP contribution in [0, 0.1) is 5.92 Å².